The Hall–Kier alpha value is -3.95. The number of para-hydroxylation sites is 3. The van der Waals surface area contributed by atoms with Crippen LogP contribution in [0.3, 0.4) is 0 Å². The maximum atomic E-state index is 2.56. The first-order valence-corrected chi connectivity index (χ1v) is 12.1. The maximum absolute atomic E-state index is 2.56. The molecule has 1 unspecified atom stereocenters. The molecule has 3 aliphatic rings. The summed E-state index contributed by atoms with van der Waals surface area (Å²) in [4.78, 5) is 2.56. The first-order chi connectivity index (χ1) is 16.4. The molecular formula is C30H19N2S+. The third kappa shape index (κ3) is 2.20. The molecule has 0 saturated heterocycles. The van der Waals surface area contributed by atoms with E-state index in [0.717, 1.165) is 0 Å². The van der Waals surface area contributed by atoms with Gasteiger partial charge >= 0.3 is 0 Å². The Bertz CT molecular complexity index is 1720. The van der Waals surface area contributed by atoms with Crippen molar-refractivity contribution in [2.45, 2.75) is 6.04 Å². The standard InChI is InChI=1S/C30H19N2S/c1-2-9-19(10-3-1)31-22-13-5-6-14-23(22)32-24-17-18-27-29(20-11-4-7-16-26(20)33-27)28(24)21-12-8-15-25(31)30(21)32/h1-18,30H/q+1. The van der Waals surface area contributed by atoms with Crippen LogP contribution in [0.15, 0.2) is 109 Å². The summed E-state index contributed by atoms with van der Waals surface area (Å²) in [6.45, 7) is 0. The number of allylic oxidation sites excluding steroid dienone is 2. The fourth-order valence-corrected chi connectivity index (χ4v) is 6.96. The van der Waals surface area contributed by atoms with E-state index in [-0.39, 0.29) is 6.04 Å². The summed E-state index contributed by atoms with van der Waals surface area (Å²) in [6, 6.07) is 33.2. The molecule has 5 aromatic rings. The summed E-state index contributed by atoms with van der Waals surface area (Å²) in [5.74, 6) is 0. The quantitative estimate of drug-likeness (QED) is 0.241. The van der Waals surface area contributed by atoms with Crippen LogP contribution in [-0.2, 0) is 0 Å². The maximum Gasteiger partial charge on any atom is 0.235 e. The van der Waals surface area contributed by atoms with Crippen LogP contribution in [0.1, 0.15) is 5.56 Å². The number of thiophene rings is 1. The van der Waals surface area contributed by atoms with Gasteiger partial charge in [-0.2, -0.15) is 4.58 Å². The Morgan fingerprint density at radius 3 is 2.48 bits per heavy atom. The lowest BCUT2D eigenvalue weighted by molar-refractivity contribution is 0.931. The van der Waals surface area contributed by atoms with Gasteiger partial charge in [-0.15, -0.1) is 11.3 Å². The first-order valence-electron chi connectivity index (χ1n) is 11.3. The van der Waals surface area contributed by atoms with Crippen molar-refractivity contribution in [3.8, 4) is 0 Å². The van der Waals surface area contributed by atoms with E-state index in [1.807, 2.05) is 11.3 Å². The zero-order valence-electron chi connectivity index (χ0n) is 17.8. The fraction of sp³-hybridized carbons (Fsp3) is 0.0333. The van der Waals surface area contributed by atoms with Crippen LogP contribution in [-0.4, -0.2) is 11.8 Å². The van der Waals surface area contributed by atoms with Gasteiger partial charge in [0.2, 0.25) is 17.1 Å². The van der Waals surface area contributed by atoms with E-state index in [2.05, 4.69) is 119 Å². The summed E-state index contributed by atoms with van der Waals surface area (Å²) in [5.41, 5.74) is 9.09. The molecule has 4 aromatic carbocycles. The van der Waals surface area contributed by atoms with Gasteiger partial charge in [-0.3, -0.25) is 0 Å². The summed E-state index contributed by atoms with van der Waals surface area (Å²) >= 11 is 1.89. The van der Waals surface area contributed by atoms with Crippen molar-refractivity contribution in [3.63, 3.8) is 0 Å². The molecule has 8 rings (SSSR count). The van der Waals surface area contributed by atoms with E-state index < -0.39 is 0 Å². The van der Waals surface area contributed by atoms with E-state index in [4.69, 9.17) is 0 Å². The second kappa shape index (κ2) is 6.31. The highest BCUT2D eigenvalue weighted by molar-refractivity contribution is 7.25. The van der Waals surface area contributed by atoms with Crippen LogP contribution in [0.5, 0.6) is 0 Å². The molecule has 3 heterocycles. The molecule has 0 amide bonds. The number of nitrogens with zero attached hydrogens (tertiary/aromatic N) is 2. The molecule has 2 aliphatic heterocycles. The van der Waals surface area contributed by atoms with Crippen molar-refractivity contribution >= 4 is 65.5 Å². The van der Waals surface area contributed by atoms with Crippen molar-refractivity contribution in [3.05, 3.63) is 115 Å². The summed E-state index contributed by atoms with van der Waals surface area (Å²) in [6.07, 6.45) is 6.85. The topological polar surface area (TPSA) is 6.25 Å². The molecule has 154 valence electrons. The molecule has 1 aromatic heterocycles. The van der Waals surface area contributed by atoms with Gasteiger partial charge in [0.25, 0.3) is 0 Å². The number of hydrogen-bond donors (Lipinski definition) is 0. The van der Waals surface area contributed by atoms with Gasteiger partial charge in [0, 0.05) is 50.0 Å². The predicted octanol–water partition coefficient (Wildman–Crippen LogP) is 7.82. The number of rotatable bonds is 1. The highest BCUT2D eigenvalue weighted by Crippen LogP contribution is 2.55. The minimum Gasteiger partial charge on any atom is -0.318 e. The van der Waals surface area contributed by atoms with Gasteiger partial charge in [-0.25, -0.2) is 0 Å². The highest BCUT2D eigenvalue weighted by atomic mass is 32.1. The lowest BCUT2D eigenvalue weighted by Crippen LogP contribution is -2.43. The largest absolute Gasteiger partial charge is 0.318 e. The lowest BCUT2D eigenvalue weighted by Gasteiger charge is -2.32. The molecule has 0 spiro atoms. The van der Waals surface area contributed by atoms with Crippen LogP contribution in [0.2, 0.25) is 0 Å². The monoisotopic (exact) mass is 439 g/mol. The van der Waals surface area contributed by atoms with E-state index in [0.29, 0.717) is 0 Å². The minimum absolute atomic E-state index is 0.171. The van der Waals surface area contributed by atoms with Gasteiger partial charge in [-0.1, -0.05) is 60.7 Å². The Morgan fingerprint density at radius 1 is 0.727 bits per heavy atom. The van der Waals surface area contributed by atoms with Crippen LogP contribution in [0, 0.1) is 0 Å². The minimum atomic E-state index is 0.171. The smallest absolute Gasteiger partial charge is 0.235 e. The van der Waals surface area contributed by atoms with Crippen molar-refractivity contribution in [2.24, 2.45) is 0 Å². The van der Waals surface area contributed by atoms with Crippen LogP contribution >= 0.6 is 11.3 Å². The average Bonchev–Trinajstić information content (AvgIpc) is 3.42. The second-order valence-corrected chi connectivity index (χ2v) is 9.85. The molecule has 2 nitrogen and oxygen atoms in total. The Morgan fingerprint density at radius 2 is 1.55 bits per heavy atom. The summed E-state index contributed by atoms with van der Waals surface area (Å²) in [5, 5.41) is 2.76. The lowest BCUT2D eigenvalue weighted by atomic mass is 9.90. The molecule has 1 atom stereocenters. The highest BCUT2D eigenvalue weighted by Gasteiger charge is 2.48. The zero-order valence-corrected chi connectivity index (χ0v) is 18.6. The normalized spacial score (nSPS) is 17.9. The van der Waals surface area contributed by atoms with Gasteiger partial charge in [0.15, 0.2) is 0 Å². The van der Waals surface area contributed by atoms with Crippen molar-refractivity contribution in [1.82, 2.24) is 4.58 Å². The van der Waals surface area contributed by atoms with Crippen molar-refractivity contribution < 1.29 is 0 Å². The van der Waals surface area contributed by atoms with E-state index in [1.54, 1.807) is 0 Å². The van der Waals surface area contributed by atoms with Crippen LogP contribution in [0.25, 0.3) is 25.7 Å². The molecule has 33 heavy (non-hydrogen) atoms. The third-order valence-electron chi connectivity index (χ3n) is 7.10. The zero-order chi connectivity index (χ0) is 21.5. The number of benzene rings is 4. The first kappa shape index (κ1) is 17.6. The van der Waals surface area contributed by atoms with Crippen molar-refractivity contribution in [2.75, 3.05) is 4.90 Å². The molecule has 3 heteroatoms. The number of hydrogen-bond acceptors (Lipinski definition) is 2. The molecule has 0 N–H and O–H groups in total. The molecule has 0 fully saturated rings. The molecule has 0 bridgehead atoms. The van der Waals surface area contributed by atoms with Crippen LogP contribution < -0.4 is 9.48 Å². The van der Waals surface area contributed by atoms with Gasteiger partial charge < -0.3 is 4.90 Å². The SMILES string of the molecule is C1=CC2=[N+](c3ccccc3)c3ccccc3N3c4ccc5sc6ccccc6c5c4C(=C1)C23. The van der Waals surface area contributed by atoms with Gasteiger partial charge in [0.1, 0.15) is 11.7 Å². The predicted molar refractivity (Wildman–Crippen MR) is 142 cm³/mol. The molecule has 1 aliphatic carbocycles. The molecule has 0 saturated carbocycles. The van der Waals surface area contributed by atoms with E-state index in [1.165, 1.54) is 59.8 Å². The van der Waals surface area contributed by atoms with Gasteiger partial charge in [-0.05, 0) is 29.8 Å². The number of anilines is 2. The van der Waals surface area contributed by atoms with Crippen LogP contribution in [0.4, 0.5) is 22.7 Å². The number of fused-ring (bicyclic) bond motifs is 9. The molecular weight excluding hydrogens is 420 g/mol. The Kier molecular flexibility index (Phi) is 3.36. The second-order valence-electron chi connectivity index (χ2n) is 8.77. The van der Waals surface area contributed by atoms with Gasteiger partial charge in [0.05, 0.1) is 5.69 Å². The summed E-state index contributed by atoms with van der Waals surface area (Å²) in [7, 11) is 0. The third-order valence-corrected chi connectivity index (χ3v) is 8.24. The summed E-state index contributed by atoms with van der Waals surface area (Å²) < 4.78 is 5.16. The Labute approximate surface area is 195 Å². The molecule has 0 radical (unpaired) electrons. The fourth-order valence-electron chi connectivity index (χ4n) is 5.85. The van der Waals surface area contributed by atoms with E-state index >= 15 is 0 Å². The average molecular weight is 440 g/mol. The van der Waals surface area contributed by atoms with E-state index in [9.17, 15) is 0 Å². The van der Waals surface area contributed by atoms with Crippen molar-refractivity contribution in [1.29, 1.82) is 0 Å². The Balaban J connectivity index is 1.51.